The predicted molar refractivity (Wildman–Crippen MR) is 115 cm³/mol. The molecular formula is C21H21ClN4O3. The molecule has 1 saturated heterocycles. The van der Waals surface area contributed by atoms with Crippen LogP contribution in [0, 0.1) is 0 Å². The number of aromatic amines is 1. The Morgan fingerprint density at radius 3 is 2.55 bits per heavy atom. The molecule has 8 heteroatoms. The van der Waals surface area contributed by atoms with Crippen molar-refractivity contribution in [2.75, 3.05) is 23.3 Å². The second-order valence-corrected chi connectivity index (χ2v) is 7.53. The Morgan fingerprint density at radius 2 is 1.79 bits per heavy atom. The zero-order valence-corrected chi connectivity index (χ0v) is 16.5. The summed E-state index contributed by atoms with van der Waals surface area (Å²) in [6, 6.07) is 12.1. The molecule has 2 aromatic carbocycles. The van der Waals surface area contributed by atoms with Gasteiger partial charge in [0.2, 0.25) is 5.91 Å². The van der Waals surface area contributed by atoms with Gasteiger partial charge in [-0.2, -0.15) is 0 Å². The van der Waals surface area contributed by atoms with Gasteiger partial charge in [-0.25, -0.2) is 4.68 Å². The highest BCUT2D eigenvalue weighted by atomic mass is 35.5. The van der Waals surface area contributed by atoms with E-state index in [-0.39, 0.29) is 30.0 Å². The van der Waals surface area contributed by atoms with Crippen molar-refractivity contribution in [3.8, 4) is 0 Å². The molecule has 29 heavy (non-hydrogen) atoms. The van der Waals surface area contributed by atoms with Crippen molar-refractivity contribution in [3.05, 3.63) is 68.2 Å². The van der Waals surface area contributed by atoms with Crippen LogP contribution in [-0.2, 0) is 11.3 Å². The Balaban J connectivity index is 1.51. The third-order valence-corrected chi connectivity index (χ3v) is 5.36. The minimum Gasteiger partial charge on any atom is -0.370 e. The van der Waals surface area contributed by atoms with Gasteiger partial charge in [0.1, 0.15) is 0 Å². The summed E-state index contributed by atoms with van der Waals surface area (Å²) in [4.78, 5) is 39.5. The molecule has 1 fully saturated rings. The quantitative estimate of drug-likeness (QED) is 0.674. The lowest BCUT2D eigenvalue weighted by atomic mass is 10.2. The van der Waals surface area contributed by atoms with Gasteiger partial charge in [0.05, 0.1) is 28.7 Å². The summed E-state index contributed by atoms with van der Waals surface area (Å²) in [7, 11) is 0. The Morgan fingerprint density at radius 1 is 1.07 bits per heavy atom. The van der Waals surface area contributed by atoms with E-state index < -0.39 is 0 Å². The lowest BCUT2D eigenvalue weighted by molar-refractivity contribution is -0.116. The highest BCUT2D eigenvalue weighted by Gasteiger charge is 2.17. The normalized spacial score (nSPS) is 13.8. The minimum absolute atomic E-state index is 0.0418. The van der Waals surface area contributed by atoms with E-state index in [4.69, 9.17) is 11.6 Å². The van der Waals surface area contributed by atoms with Crippen LogP contribution in [0.3, 0.4) is 0 Å². The van der Waals surface area contributed by atoms with Gasteiger partial charge in [0.15, 0.2) is 0 Å². The van der Waals surface area contributed by atoms with E-state index in [9.17, 15) is 14.4 Å². The molecule has 0 radical (unpaired) electrons. The van der Waals surface area contributed by atoms with E-state index in [1.807, 2.05) is 12.1 Å². The van der Waals surface area contributed by atoms with E-state index >= 15 is 0 Å². The molecule has 150 valence electrons. The summed E-state index contributed by atoms with van der Waals surface area (Å²) in [6.45, 7) is 1.96. The van der Waals surface area contributed by atoms with E-state index in [1.165, 1.54) is 4.68 Å². The van der Waals surface area contributed by atoms with Crippen molar-refractivity contribution in [3.63, 3.8) is 0 Å². The SMILES string of the molecule is O=C(CCn1[nH]c(=O)c2ccccc2c1=O)Nc1cc(Cl)ccc1N1CCCC1. The Kier molecular flexibility index (Phi) is 5.40. The highest BCUT2D eigenvalue weighted by molar-refractivity contribution is 6.31. The largest absolute Gasteiger partial charge is 0.370 e. The van der Waals surface area contributed by atoms with Crippen molar-refractivity contribution in [1.82, 2.24) is 9.78 Å². The number of anilines is 2. The number of benzene rings is 2. The molecule has 1 amide bonds. The highest BCUT2D eigenvalue weighted by Crippen LogP contribution is 2.31. The summed E-state index contributed by atoms with van der Waals surface area (Å²) < 4.78 is 1.18. The number of halogens is 1. The molecule has 7 nitrogen and oxygen atoms in total. The number of amides is 1. The average Bonchev–Trinajstić information content (AvgIpc) is 3.24. The molecule has 0 saturated carbocycles. The third kappa shape index (κ3) is 4.05. The number of aryl methyl sites for hydroxylation is 1. The number of H-pyrrole nitrogens is 1. The zero-order valence-electron chi connectivity index (χ0n) is 15.8. The van der Waals surface area contributed by atoms with Crippen LogP contribution in [0.2, 0.25) is 5.02 Å². The van der Waals surface area contributed by atoms with Gasteiger partial charge in [-0.15, -0.1) is 0 Å². The monoisotopic (exact) mass is 412 g/mol. The molecule has 0 unspecified atom stereocenters. The van der Waals surface area contributed by atoms with Gasteiger partial charge in [0.25, 0.3) is 11.1 Å². The lowest BCUT2D eigenvalue weighted by Gasteiger charge is -2.22. The standard InChI is InChI=1S/C21H21ClN4O3/c22-14-7-8-18(25-10-3-4-11-25)17(13-14)23-19(27)9-12-26-21(29)16-6-2-1-5-15(16)20(28)24-26/h1-2,5-8,13H,3-4,9-12H2,(H,23,27)(H,24,28). The van der Waals surface area contributed by atoms with Gasteiger partial charge in [-0.05, 0) is 43.2 Å². The maximum atomic E-state index is 12.6. The maximum absolute atomic E-state index is 12.6. The van der Waals surface area contributed by atoms with Gasteiger partial charge < -0.3 is 10.2 Å². The Labute approximate surface area is 171 Å². The van der Waals surface area contributed by atoms with Crippen molar-refractivity contribution in [2.24, 2.45) is 0 Å². The number of aromatic nitrogens is 2. The second-order valence-electron chi connectivity index (χ2n) is 7.10. The lowest BCUT2D eigenvalue weighted by Crippen LogP contribution is -2.31. The average molecular weight is 413 g/mol. The molecule has 4 rings (SSSR count). The minimum atomic E-state index is -0.355. The fraction of sp³-hybridized carbons (Fsp3) is 0.286. The molecule has 0 atom stereocenters. The van der Waals surface area contributed by atoms with E-state index in [2.05, 4.69) is 15.3 Å². The number of rotatable bonds is 5. The summed E-state index contributed by atoms with van der Waals surface area (Å²) >= 11 is 6.12. The number of carbonyl (C=O) groups is 1. The molecule has 1 aromatic heterocycles. The van der Waals surface area contributed by atoms with Crippen molar-refractivity contribution in [1.29, 1.82) is 0 Å². The Bertz CT molecular complexity index is 1180. The topological polar surface area (TPSA) is 87.2 Å². The van der Waals surface area contributed by atoms with Crippen LogP contribution < -0.4 is 21.3 Å². The van der Waals surface area contributed by atoms with E-state index in [0.717, 1.165) is 31.6 Å². The fourth-order valence-corrected chi connectivity index (χ4v) is 3.84. The summed E-state index contributed by atoms with van der Waals surface area (Å²) in [5.41, 5.74) is 0.917. The number of nitrogens with one attached hydrogen (secondary N) is 2. The van der Waals surface area contributed by atoms with Crippen LogP contribution in [-0.4, -0.2) is 28.8 Å². The Hall–Kier alpha value is -3.06. The number of nitrogens with zero attached hydrogens (tertiary/aromatic N) is 2. The zero-order chi connectivity index (χ0) is 20.4. The smallest absolute Gasteiger partial charge is 0.273 e. The molecule has 0 spiro atoms. The van der Waals surface area contributed by atoms with Gasteiger partial charge in [-0.1, -0.05) is 23.7 Å². The van der Waals surface area contributed by atoms with Gasteiger partial charge in [0, 0.05) is 24.5 Å². The molecule has 2 N–H and O–H groups in total. The van der Waals surface area contributed by atoms with Crippen molar-refractivity contribution >= 4 is 39.7 Å². The first-order valence-electron chi connectivity index (χ1n) is 9.59. The molecule has 1 aliphatic heterocycles. The number of hydrogen-bond acceptors (Lipinski definition) is 4. The first-order valence-corrected chi connectivity index (χ1v) is 9.97. The van der Waals surface area contributed by atoms with Crippen LogP contribution in [0.15, 0.2) is 52.1 Å². The number of carbonyl (C=O) groups excluding carboxylic acids is 1. The van der Waals surface area contributed by atoms with Crippen molar-refractivity contribution in [2.45, 2.75) is 25.8 Å². The maximum Gasteiger partial charge on any atom is 0.273 e. The van der Waals surface area contributed by atoms with Gasteiger partial charge >= 0.3 is 0 Å². The van der Waals surface area contributed by atoms with Crippen LogP contribution in [0.1, 0.15) is 19.3 Å². The van der Waals surface area contributed by atoms with Crippen molar-refractivity contribution < 1.29 is 4.79 Å². The molecule has 0 aliphatic carbocycles. The van der Waals surface area contributed by atoms with Crippen LogP contribution in [0.25, 0.3) is 10.8 Å². The van der Waals surface area contributed by atoms with Crippen LogP contribution >= 0.6 is 11.6 Å². The fourth-order valence-electron chi connectivity index (χ4n) is 3.67. The molecule has 3 aromatic rings. The van der Waals surface area contributed by atoms with Crippen LogP contribution in [0.5, 0.6) is 0 Å². The summed E-state index contributed by atoms with van der Waals surface area (Å²) in [5.74, 6) is -0.256. The summed E-state index contributed by atoms with van der Waals surface area (Å²) in [6.07, 6.45) is 2.28. The number of hydrogen-bond donors (Lipinski definition) is 2. The first-order chi connectivity index (χ1) is 14.0. The molecular weight excluding hydrogens is 392 g/mol. The second kappa shape index (κ2) is 8.13. The van der Waals surface area contributed by atoms with Crippen LogP contribution in [0.4, 0.5) is 11.4 Å². The summed E-state index contributed by atoms with van der Waals surface area (Å²) in [5, 5.41) is 6.66. The first kappa shape index (κ1) is 19.3. The third-order valence-electron chi connectivity index (χ3n) is 5.13. The van der Waals surface area contributed by atoms with E-state index in [1.54, 1.807) is 30.3 Å². The van der Waals surface area contributed by atoms with Gasteiger partial charge in [-0.3, -0.25) is 19.5 Å². The number of fused-ring (bicyclic) bond motifs is 1. The predicted octanol–water partition coefficient (Wildman–Crippen LogP) is 2.97. The van der Waals surface area contributed by atoms with E-state index in [0.29, 0.717) is 21.5 Å². The molecule has 1 aliphatic rings. The molecule has 2 heterocycles. The molecule has 0 bridgehead atoms.